The van der Waals surface area contributed by atoms with Crippen molar-refractivity contribution in [2.75, 3.05) is 20.6 Å². The van der Waals surface area contributed by atoms with Gasteiger partial charge >= 0.3 is 0 Å². The third-order valence-corrected chi connectivity index (χ3v) is 1.79. The lowest BCUT2D eigenvalue weighted by molar-refractivity contribution is 0.0897. The minimum absolute atomic E-state index is 0.111. The zero-order valence-electron chi connectivity index (χ0n) is 8.10. The van der Waals surface area contributed by atoms with E-state index in [9.17, 15) is 4.79 Å². The Balaban J connectivity index is 2.27. The molecule has 0 spiro atoms. The predicted molar refractivity (Wildman–Crippen MR) is 50.6 cm³/mol. The zero-order chi connectivity index (χ0) is 9.68. The van der Waals surface area contributed by atoms with E-state index in [-0.39, 0.29) is 5.91 Å². The smallest absolute Gasteiger partial charge is 0.231 e. The topological polar surface area (TPSA) is 38.1 Å². The number of hydrogen-bond donors (Lipinski definition) is 0. The molecule has 0 bridgehead atoms. The summed E-state index contributed by atoms with van der Waals surface area (Å²) in [5.74, 6) is 0.111. The van der Waals surface area contributed by atoms with Crippen molar-refractivity contribution in [3.8, 4) is 0 Å². The molecule has 0 aliphatic heterocycles. The van der Waals surface area contributed by atoms with Gasteiger partial charge in [0.05, 0.1) is 0 Å². The molecule has 0 aliphatic rings. The predicted octanol–water partition coefficient (Wildman–Crippen LogP) is 0.865. The largest absolute Gasteiger partial charge is 0.309 e. The van der Waals surface area contributed by atoms with Crippen molar-refractivity contribution in [2.45, 2.75) is 12.8 Å². The number of carbonyl (C=O) groups excluding carboxylic acids is 1. The summed E-state index contributed by atoms with van der Waals surface area (Å²) >= 11 is 0. The van der Waals surface area contributed by atoms with Crippen molar-refractivity contribution < 1.29 is 4.79 Å². The Morgan fingerprint density at radius 1 is 1.54 bits per heavy atom. The van der Waals surface area contributed by atoms with Crippen LogP contribution in [0.15, 0.2) is 18.7 Å². The van der Waals surface area contributed by atoms with Gasteiger partial charge in [-0.25, -0.2) is 4.98 Å². The highest BCUT2D eigenvalue weighted by Crippen LogP contribution is 1.96. The molecule has 4 heteroatoms. The first kappa shape index (κ1) is 9.92. The molecule has 1 aromatic heterocycles. The summed E-state index contributed by atoms with van der Waals surface area (Å²) in [4.78, 5) is 17.3. The van der Waals surface area contributed by atoms with E-state index >= 15 is 0 Å². The second-order valence-corrected chi connectivity index (χ2v) is 3.27. The first-order valence-corrected chi connectivity index (χ1v) is 4.36. The Labute approximate surface area is 78.2 Å². The van der Waals surface area contributed by atoms with Crippen LogP contribution in [0.4, 0.5) is 0 Å². The summed E-state index contributed by atoms with van der Waals surface area (Å²) in [5, 5.41) is 0. The van der Waals surface area contributed by atoms with Gasteiger partial charge in [-0.1, -0.05) is 0 Å². The molecule has 13 heavy (non-hydrogen) atoms. The second kappa shape index (κ2) is 4.77. The van der Waals surface area contributed by atoms with Crippen LogP contribution in [0.5, 0.6) is 0 Å². The van der Waals surface area contributed by atoms with Gasteiger partial charge in [0.25, 0.3) is 0 Å². The van der Waals surface area contributed by atoms with Gasteiger partial charge in [0.1, 0.15) is 6.33 Å². The Morgan fingerprint density at radius 3 is 2.85 bits per heavy atom. The molecule has 0 fully saturated rings. The molecule has 4 nitrogen and oxygen atoms in total. The molecule has 0 N–H and O–H groups in total. The third-order valence-electron chi connectivity index (χ3n) is 1.79. The van der Waals surface area contributed by atoms with Crippen LogP contribution in [0, 0.1) is 0 Å². The lowest BCUT2D eigenvalue weighted by Crippen LogP contribution is -2.16. The molecular weight excluding hydrogens is 166 g/mol. The van der Waals surface area contributed by atoms with Gasteiger partial charge in [-0.3, -0.25) is 9.36 Å². The van der Waals surface area contributed by atoms with Gasteiger partial charge in [0, 0.05) is 18.8 Å². The molecule has 72 valence electrons. The van der Waals surface area contributed by atoms with Crippen LogP contribution in [-0.4, -0.2) is 41.0 Å². The van der Waals surface area contributed by atoms with Gasteiger partial charge in [-0.15, -0.1) is 0 Å². The minimum Gasteiger partial charge on any atom is -0.309 e. The Bertz CT molecular complexity index is 254. The van der Waals surface area contributed by atoms with Gasteiger partial charge < -0.3 is 4.90 Å². The van der Waals surface area contributed by atoms with Crippen molar-refractivity contribution in [3.05, 3.63) is 18.7 Å². The van der Waals surface area contributed by atoms with Crippen molar-refractivity contribution >= 4 is 5.91 Å². The van der Waals surface area contributed by atoms with E-state index in [1.54, 1.807) is 12.4 Å². The first-order chi connectivity index (χ1) is 6.20. The standard InChI is InChI=1S/C9H15N3O/c1-11(2)6-3-4-9(13)12-7-5-10-8-12/h5,7-8H,3-4,6H2,1-2H3. The van der Waals surface area contributed by atoms with Crippen LogP contribution >= 0.6 is 0 Å². The monoisotopic (exact) mass is 181 g/mol. The second-order valence-electron chi connectivity index (χ2n) is 3.27. The summed E-state index contributed by atoms with van der Waals surface area (Å²) in [6.45, 7) is 0.945. The average Bonchev–Trinajstić information content (AvgIpc) is 2.55. The van der Waals surface area contributed by atoms with Crippen molar-refractivity contribution in [3.63, 3.8) is 0 Å². The van der Waals surface area contributed by atoms with Crippen LogP contribution in [-0.2, 0) is 0 Å². The van der Waals surface area contributed by atoms with E-state index in [4.69, 9.17) is 0 Å². The van der Waals surface area contributed by atoms with Crippen molar-refractivity contribution in [2.24, 2.45) is 0 Å². The molecule has 0 saturated heterocycles. The number of rotatable bonds is 4. The summed E-state index contributed by atoms with van der Waals surface area (Å²) in [6, 6.07) is 0. The lowest BCUT2D eigenvalue weighted by Gasteiger charge is -2.08. The van der Waals surface area contributed by atoms with Gasteiger partial charge in [0.2, 0.25) is 5.91 Å². The maximum atomic E-state index is 11.4. The van der Waals surface area contributed by atoms with Crippen LogP contribution in [0.25, 0.3) is 0 Å². The summed E-state index contributed by atoms with van der Waals surface area (Å²) in [6.07, 6.45) is 6.30. The molecule has 0 aromatic carbocycles. The molecule has 0 aliphatic carbocycles. The number of imidazole rings is 1. The molecule has 0 unspecified atom stereocenters. The highest BCUT2D eigenvalue weighted by molar-refractivity contribution is 5.78. The maximum Gasteiger partial charge on any atom is 0.231 e. The summed E-state index contributed by atoms with van der Waals surface area (Å²) in [5.41, 5.74) is 0. The quantitative estimate of drug-likeness (QED) is 0.691. The van der Waals surface area contributed by atoms with Crippen LogP contribution in [0.2, 0.25) is 0 Å². The Morgan fingerprint density at radius 2 is 2.31 bits per heavy atom. The highest BCUT2D eigenvalue weighted by Gasteiger charge is 2.02. The van der Waals surface area contributed by atoms with Crippen molar-refractivity contribution in [1.29, 1.82) is 0 Å². The third kappa shape index (κ3) is 3.38. The molecule has 1 aromatic rings. The molecule has 1 heterocycles. The SMILES string of the molecule is CN(C)CCCC(=O)n1ccnc1. The Kier molecular flexibility index (Phi) is 3.64. The minimum atomic E-state index is 0.111. The molecular formula is C9H15N3O. The fraction of sp³-hybridized carbons (Fsp3) is 0.556. The van der Waals surface area contributed by atoms with E-state index in [0.717, 1.165) is 13.0 Å². The van der Waals surface area contributed by atoms with Gasteiger partial charge in [0.15, 0.2) is 0 Å². The normalized spacial score (nSPS) is 10.7. The maximum absolute atomic E-state index is 11.4. The van der Waals surface area contributed by atoms with E-state index in [1.807, 2.05) is 14.1 Å². The number of aromatic nitrogens is 2. The fourth-order valence-corrected chi connectivity index (χ4v) is 1.08. The molecule has 1 rings (SSSR count). The summed E-state index contributed by atoms with van der Waals surface area (Å²) < 4.78 is 1.52. The molecule has 0 amide bonds. The first-order valence-electron chi connectivity index (χ1n) is 4.36. The summed E-state index contributed by atoms with van der Waals surface area (Å²) in [7, 11) is 4.00. The Hall–Kier alpha value is -1.16. The number of carbonyl (C=O) groups is 1. The number of nitrogens with zero attached hydrogens (tertiary/aromatic N) is 3. The molecule has 0 atom stereocenters. The number of hydrogen-bond acceptors (Lipinski definition) is 3. The van der Waals surface area contributed by atoms with E-state index in [2.05, 4.69) is 9.88 Å². The van der Waals surface area contributed by atoms with Gasteiger partial charge in [-0.05, 0) is 27.1 Å². The highest BCUT2D eigenvalue weighted by atomic mass is 16.2. The zero-order valence-corrected chi connectivity index (χ0v) is 8.10. The van der Waals surface area contributed by atoms with Crippen molar-refractivity contribution in [1.82, 2.24) is 14.5 Å². The van der Waals surface area contributed by atoms with Crippen LogP contribution in [0.1, 0.15) is 17.6 Å². The lowest BCUT2D eigenvalue weighted by atomic mass is 10.3. The van der Waals surface area contributed by atoms with Crippen LogP contribution < -0.4 is 0 Å². The van der Waals surface area contributed by atoms with E-state index < -0.39 is 0 Å². The van der Waals surface area contributed by atoms with E-state index in [0.29, 0.717) is 6.42 Å². The fourth-order valence-electron chi connectivity index (χ4n) is 1.08. The van der Waals surface area contributed by atoms with Crippen LogP contribution in [0.3, 0.4) is 0 Å². The average molecular weight is 181 g/mol. The van der Waals surface area contributed by atoms with E-state index in [1.165, 1.54) is 10.9 Å². The molecule has 0 radical (unpaired) electrons. The molecule has 0 saturated carbocycles. The van der Waals surface area contributed by atoms with Gasteiger partial charge in [-0.2, -0.15) is 0 Å².